The fourth-order valence-corrected chi connectivity index (χ4v) is 0.822. The summed E-state index contributed by atoms with van der Waals surface area (Å²) in [5.74, 6) is 0. The summed E-state index contributed by atoms with van der Waals surface area (Å²) in [5.41, 5.74) is 0.0885. The van der Waals surface area contributed by atoms with Gasteiger partial charge in [0.15, 0.2) is 0 Å². The molecule has 0 spiro atoms. The maximum absolute atomic E-state index is 4.08. The molecule has 0 saturated carbocycles. The predicted molar refractivity (Wildman–Crippen MR) is 34.0 cm³/mol. The summed E-state index contributed by atoms with van der Waals surface area (Å²) < 4.78 is 0. The second-order valence-corrected chi connectivity index (χ2v) is 2.85. The van der Waals surface area contributed by atoms with E-state index in [0.29, 0.717) is 0 Å². The Morgan fingerprint density at radius 1 is 1.43 bits per heavy atom. The van der Waals surface area contributed by atoms with E-state index in [-0.39, 0.29) is 5.54 Å². The number of nitrogens with zero attached hydrogens (tertiary/aromatic N) is 1. The van der Waals surface area contributed by atoms with Gasteiger partial charge in [-0.05, 0) is 0 Å². The van der Waals surface area contributed by atoms with Crippen molar-refractivity contribution in [2.75, 3.05) is 0 Å². The first kappa shape index (κ1) is 7.19. The molecule has 0 aromatic heterocycles. The average molecular weight is 163 g/mol. The van der Waals surface area contributed by atoms with E-state index in [1.54, 1.807) is 5.11 Å². The van der Waals surface area contributed by atoms with Gasteiger partial charge in [0, 0.05) is 0 Å². The molecule has 0 atom stereocenters. The van der Waals surface area contributed by atoms with Crippen LogP contribution in [0, 0.1) is 0 Å². The Bertz CT molecular complexity index is 70.6. The molecule has 0 fully saturated rings. The van der Waals surface area contributed by atoms with E-state index in [1.807, 2.05) is 0 Å². The molecule has 1 radical (unpaired) electrons. The molecule has 0 saturated heterocycles. The van der Waals surface area contributed by atoms with Gasteiger partial charge in [-0.3, -0.25) is 0 Å². The topological polar surface area (TPSA) is 12.4 Å². The van der Waals surface area contributed by atoms with Crippen LogP contribution in [0.4, 0.5) is 0 Å². The molecule has 41 valence electrons. The molecule has 0 unspecified atom stereocenters. The Labute approximate surface area is 53.0 Å². The third kappa shape index (κ3) is 6.19. The quantitative estimate of drug-likeness (QED) is 0.373. The van der Waals surface area contributed by atoms with Crippen LogP contribution < -0.4 is 0 Å². The van der Waals surface area contributed by atoms with Crippen molar-refractivity contribution in [2.24, 2.45) is 4.99 Å². The van der Waals surface area contributed by atoms with Crippen molar-refractivity contribution >= 4 is 21.1 Å². The molecule has 0 amide bonds. The van der Waals surface area contributed by atoms with Crippen LogP contribution in [0.2, 0.25) is 0 Å². The third-order valence-electron chi connectivity index (χ3n) is 0.440. The van der Waals surface area contributed by atoms with Crippen molar-refractivity contribution in [1.29, 1.82) is 0 Å². The Morgan fingerprint density at radius 3 is 1.86 bits per heavy atom. The Hall–Kier alpha value is 0.189. The zero-order chi connectivity index (χ0) is 5.91. The molecule has 0 rings (SSSR count). The summed E-state index contributed by atoms with van der Waals surface area (Å²) in [4.78, 5) is 4.08. The van der Waals surface area contributed by atoms with Crippen LogP contribution in [-0.4, -0.2) is 26.7 Å². The van der Waals surface area contributed by atoms with E-state index < -0.39 is 0 Å². The molecule has 0 aromatic carbocycles. The van der Waals surface area contributed by atoms with Crippen molar-refractivity contribution in [1.82, 2.24) is 0 Å². The van der Waals surface area contributed by atoms with Gasteiger partial charge in [-0.2, -0.15) is 0 Å². The van der Waals surface area contributed by atoms with E-state index in [2.05, 4.69) is 41.8 Å². The minimum atomic E-state index is 0.0885. The van der Waals surface area contributed by atoms with E-state index in [0.717, 1.165) is 0 Å². The first-order chi connectivity index (χ1) is 3.06. The summed E-state index contributed by atoms with van der Waals surface area (Å²) in [5, 5.41) is 1.71. The standard InChI is InChI=1S/C5H10NSe/c1-5(2,3)6-4-7/h4H,1-3H3. The van der Waals surface area contributed by atoms with Crippen LogP contribution in [0.5, 0.6) is 0 Å². The summed E-state index contributed by atoms with van der Waals surface area (Å²) in [7, 11) is 0. The van der Waals surface area contributed by atoms with E-state index in [1.165, 1.54) is 0 Å². The van der Waals surface area contributed by atoms with Crippen LogP contribution >= 0.6 is 0 Å². The van der Waals surface area contributed by atoms with Gasteiger partial charge in [0.25, 0.3) is 0 Å². The first-order valence-corrected chi connectivity index (χ1v) is 3.21. The Morgan fingerprint density at radius 2 is 1.86 bits per heavy atom. The summed E-state index contributed by atoms with van der Waals surface area (Å²) in [6.07, 6.45) is 0. The van der Waals surface area contributed by atoms with Crippen LogP contribution in [0.1, 0.15) is 20.8 Å². The van der Waals surface area contributed by atoms with Crippen LogP contribution in [0.25, 0.3) is 0 Å². The summed E-state index contributed by atoms with van der Waals surface area (Å²) >= 11 is 2.71. The van der Waals surface area contributed by atoms with Crippen molar-refractivity contribution in [3.63, 3.8) is 0 Å². The maximum atomic E-state index is 4.08. The van der Waals surface area contributed by atoms with Gasteiger partial charge in [0.1, 0.15) is 0 Å². The van der Waals surface area contributed by atoms with Gasteiger partial charge in [-0.1, -0.05) is 0 Å². The fraction of sp³-hybridized carbons (Fsp3) is 0.800. The second-order valence-electron chi connectivity index (χ2n) is 2.41. The number of rotatable bonds is 0. The fourth-order valence-electron chi connectivity index (χ4n) is 0.158. The van der Waals surface area contributed by atoms with Gasteiger partial charge >= 0.3 is 52.4 Å². The summed E-state index contributed by atoms with van der Waals surface area (Å²) in [6.45, 7) is 6.17. The monoisotopic (exact) mass is 164 g/mol. The Balaban J connectivity index is 3.56. The Kier molecular flexibility index (Phi) is 2.55. The zero-order valence-corrected chi connectivity index (χ0v) is 6.65. The van der Waals surface area contributed by atoms with Gasteiger partial charge in [-0.15, -0.1) is 0 Å². The zero-order valence-electron chi connectivity index (χ0n) is 4.93. The van der Waals surface area contributed by atoms with Crippen LogP contribution in [-0.2, 0) is 0 Å². The molecule has 0 heterocycles. The average Bonchev–Trinajstić information content (AvgIpc) is 1.30. The van der Waals surface area contributed by atoms with E-state index >= 15 is 0 Å². The molecule has 0 bridgehead atoms. The predicted octanol–water partition coefficient (Wildman–Crippen LogP) is 0.982. The normalized spacial score (nSPS) is 13.0. The summed E-state index contributed by atoms with van der Waals surface area (Å²) in [6, 6.07) is 0. The number of hydrogen-bond donors (Lipinski definition) is 0. The van der Waals surface area contributed by atoms with Crippen molar-refractivity contribution in [3.05, 3.63) is 0 Å². The molecular formula is C5H10NSe. The van der Waals surface area contributed by atoms with Gasteiger partial charge in [0.2, 0.25) is 0 Å². The second kappa shape index (κ2) is 2.49. The number of hydrogen-bond acceptors (Lipinski definition) is 1. The van der Waals surface area contributed by atoms with Crippen molar-refractivity contribution in [3.8, 4) is 0 Å². The molecule has 0 aliphatic rings. The first-order valence-electron chi connectivity index (χ1n) is 2.22. The van der Waals surface area contributed by atoms with Gasteiger partial charge in [-0.25, -0.2) is 0 Å². The molecular weight excluding hydrogens is 153 g/mol. The van der Waals surface area contributed by atoms with Crippen LogP contribution in [0.15, 0.2) is 4.99 Å². The molecule has 2 heteroatoms. The molecule has 7 heavy (non-hydrogen) atoms. The molecule has 0 N–H and O–H groups in total. The van der Waals surface area contributed by atoms with Gasteiger partial charge < -0.3 is 0 Å². The minimum absolute atomic E-state index is 0.0885. The van der Waals surface area contributed by atoms with Crippen molar-refractivity contribution < 1.29 is 0 Å². The number of aliphatic imine (C=N–C) groups is 1. The molecule has 0 aliphatic heterocycles. The van der Waals surface area contributed by atoms with Crippen molar-refractivity contribution in [2.45, 2.75) is 26.3 Å². The third-order valence-corrected chi connectivity index (χ3v) is 0.661. The van der Waals surface area contributed by atoms with E-state index in [9.17, 15) is 0 Å². The van der Waals surface area contributed by atoms with Crippen LogP contribution in [0.3, 0.4) is 0 Å². The SMILES string of the molecule is CC(C)(C)N=C[Se]. The molecule has 1 nitrogen and oxygen atoms in total. The van der Waals surface area contributed by atoms with Gasteiger partial charge in [0.05, 0.1) is 0 Å². The van der Waals surface area contributed by atoms with E-state index in [4.69, 9.17) is 0 Å². The molecule has 0 aliphatic carbocycles. The molecule has 0 aromatic rings.